The second-order valence-corrected chi connectivity index (χ2v) is 5.44. The largest absolute Gasteiger partial charge is 0.398 e. The summed E-state index contributed by atoms with van der Waals surface area (Å²) in [6.07, 6.45) is 1.68. The second-order valence-electron chi connectivity index (χ2n) is 5.03. The zero-order valence-electron chi connectivity index (χ0n) is 11.3. The minimum atomic E-state index is -0.590. The Morgan fingerprint density at radius 1 is 1.29 bits per heavy atom. The molecule has 0 atom stereocenters. The monoisotopic (exact) mass is 304 g/mol. The highest BCUT2D eigenvalue weighted by molar-refractivity contribution is 6.30. The molecule has 1 amide bonds. The third-order valence-corrected chi connectivity index (χ3v) is 4.01. The Labute approximate surface area is 127 Å². The van der Waals surface area contributed by atoms with E-state index in [1.54, 1.807) is 4.90 Å². The molecule has 2 aromatic carbocycles. The van der Waals surface area contributed by atoms with Gasteiger partial charge in [-0.05, 0) is 48.7 Å². The van der Waals surface area contributed by atoms with Crippen LogP contribution in [0, 0.1) is 5.82 Å². The van der Waals surface area contributed by atoms with Crippen LogP contribution in [-0.2, 0) is 6.42 Å². The van der Waals surface area contributed by atoms with Crippen molar-refractivity contribution in [3.05, 3.63) is 58.4 Å². The molecule has 0 aliphatic carbocycles. The number of nitrogens with two attached hydrogens (primary N) is 1. The molecule has 1 aliphatic heterocycles. The Kier molecular flexibility index (Phi) is 3.55. The summed E-state index contributed by atoms with van der Waals surface area (Å²) < 4.78 is 13.5. The number of amides is 1. The maximum atomic E-state index is 13.5. The number of benzene rings is 2. The van der Waals surface area contributed by atoms with Crippen molar-refractivity contribution in [1.82, 2.24) is 0 Å². The van der Waals surface area contributed by atoms with E-state index >= 15 is 0 Å². The number of anilines is 2. The fraction of sp³-hybridized carbons (Fsp3) is 0.188. The fourth-order valence-corrected chi connectivity index (χ4v) is 2.77. The molecule has 2 aromatic rings. The van der Waals surface area contributed by atoms with Gasteiger partial charge in [0.15, 0.2) is 0 Å². The zero-order chi connectivity index (χ0) is 15.0. The van der Waals surface area contributed by atoms with Crippen LogP contribution in [0.3, 0.4) is 0 Å². The van der Waals surface area contributed by atoms with Gasteiger partial charge in [-0.2, -0.15) is 0 Å². The maximum Gasteiger partial charge on any atom is 0.258 e. The molecule has 0 fully saturated rings. The normalized spacial score (nSPS) is 13.9. The molecular weight excluding hydrogens is 291 g/mol. The number of rotatable bonds is 1. The zero-order valence-corrected chi connectivity index (χ0v) is 12.0. The third kappa shape index (κ3) is 2.47. The van der Waals surface area contributed by atoms with Gasteiger partial charge < -0.3 is 10.6 Å². The maximum absolute atomic E-state index is 13.5. The molecule has 0 radical (unpaired) electrons. The average molecular weight is 305 g/mol. The smallest absolute Gasteiger partial charge is 0.258 e. The molecule has 3 rings (SSSR count). The third-order valence-electron chi connectivity index (χ3n) is 3.70. The molecule has 21 heavy (non-hydrogen) atoms. The first-order valence-electron chi connectivity index (χ1n) is 6.72. The minimum Gasteiger partial charge on any atom is -0.398 e. The molecule has 0 spiro atoms. The Morgan fingerprint density at radius 3 is 2.86 bits per heavy atom. The van der Waals surface area contributed by atoms with E-state index in [4.69, 9.17) is 17.3 Å². The molecule has 108 valence electrons. The second kappa shape index (κ2) is 5.37. The Balaban J connectivity index is 2.00. The van der Waals surface area contributed by atoms with Crippen LogP contribution < -0.4 is 10.6 Å². The number of nitrogens with zero attached hydrogens (tertiary/aromatic N) is 1. The molecule has 1 aliphatic rings. The van der Waals surface area contributed by atoms with Gasteiger partial charge in [-0.1, -0.05) is 17.7 Å². The van der Waals surface area contributed by atoms with Crippen LogP contribution in [0.1, 0.15) is 22.3 Å². The van der Waals surface area contributed by atoms with Gasteiger partial charge in [0, 0.05) is 23.5 Å². The van der Waals surface area contributed by atoms with Crippen LogP contribution >= 0.6 is 11.6 Å². The number of halogens is 2. The van der Waals surface area contributed by atoms with Gasteiger partial charge in [-0.25, -0.2) is 4.39 Å². The van der Waals surface area contributed by atoms with E-state index in [1.165, 1.54) is 18.2 Å². The van der Waals surface area contributed by atoms with Crippen molar-refractivity contribution in [2.45, 2.75) is 12.8 Å². The highest BCUT2D eigenvalue weighted by Gasteiger charge is 2.25. The predicted molar refractivity (Wildman–Crippen MR) is 82.3 cm³/mol. The highest BCUT2D eigenvalue weighted by atomic mass is 35.5. The van der Waals surface area contributed by atoms with E-state index in [2.05, 4.69) is 0 Å². The molecule has 0 saturated carbocycles. The number of carbonyl (C=O) groups is 1. The lowest BCUT2D eigenvalue weighted by Crippen LogP contribution is -2.35. The fourth-order valence-electron chi connectivity index (χ4n) is 2.65. The summed E-state index contributed by atoms with van der Waals surface area (Å²) in [5.41, 5.74) is 8.73. The molecule has 2 N–H and O–H groups in total. The van der Waals surface area contributed by atoms with Crippen molar-refractivity contribution in [3.8, 4) is 0 Å². The van der Waals surface area contributed by atoms with Gasteiger partial charge in [0.1, 0.15) is 5.82 Å². The van der Waals surface area contributed by atoms with Crippen LogP contribution in [0.15, 0.2) is 36.4 Å². The first-order valence-corrected chi connectivity index (χ1v) is 7.10. The molecule has 3 nitrogen and oxygen atoms in total. The van der Waals surface area contributed by atoms with E-state index in [1.807, 2.05) is 18.2 Å². The summed E-state index contributed by atoms with van der Waals surface area (Å²) in [5.74, 6) is -0.829. The van der Waals surface area contributed by atoms with Crippen LogP contribution in [0.25, 0.3) is 0 Å². The van der Waals surface area contributed by atoms with Crippen molar-refractivity contribution in [3.63, 3.8) is 0 Å². The molecule has 0 unspecified atom stereocenters. The predicted octanol–water partition coefficient (Wildman–Crippen LogP) is 3.65. The van der Waals surface area contributed by atoms with Crippen LogP contribution in [0.4, 0.5) is 15.8 Å². The van der Waals surface area contributed by atoms with E-state index < -0.39 is 5.82 Å². The molecule has 0 saturated heterocycles. The number of nitrogen functional groups attached to an aromatic ring is 1. The Bertz CT molecular complexity index is 717. The standard InChI is InChI=1S/C16H14ClFN2O/c17-12-7-6-10(9-13(12)18)16(21)20-8-2-3-11-14(19)4-1-5-15(11)20/h1,4-7,9H,2-3,8,19H2. The number of hydrogen-bond acceptors (Lipinski definition) is 2. The first kappa shape index (κ1) is 13.9. The summed E-state index contributed by atoms with van der Waals surface area (Å²) in [4.78, 5) is 14.3. The molecule has 5 heteroatoms. The Morgan fingerprint density at radius 2 is 2.10 bits per heavy atom. The number of carbonyl (C=O) groups excluding carboxylic acids is 1. The highest BCUT2D eigenvalue weighted by Crippen LogP contribution is 2.32. The van der Waals surface area contributed by atoms with Crippen molar-refractivity contribution in [1.29, 1.82) is 0 Å². The van der Waals surface area contributed by atoms with E-state index in [-0.39, 0.29) is 16.5 Å². The lowest BCUT2D eigenvalue weighted by atomic mass is 9.99. The van der Waals surface area contributed by atoms with Crippen LogP contribution in [0.5, 0.6) is 0 Å². The lowest BCUT2D eigenvalue weighted by molar-refractivity contribution is 0.0984. The van der Waals surface area contributed by atoms with Gasteiger partial charge in [-0.3, -0.25) is 4.79 Å². The van der Waals surface area contributed by atoms with Gasteiger partial charge in [0.2, 0.25) is 0 Å². The summed E-state index contributed by atoms with van der Waals surface area (Å²) in [7, 11) is 0. The quantitative estimate of drug-likeness (QED) is 0.817. The minimum absolute atomic E-state index is 0.00911. The van der Waals surface area contributed by atoms with E-state index in [9.17, 15) is 9.18 Å². The van der Waals surface area contributed by atoms with Crippen LogP contribution in [0.2, 0.25) is 5.02 Å². The summed E-state index contributed by atoms with van der Waals surface area (Å²) in [6, 6.07) is 9.62. The first-order chi connectivity index (χ1) is 10.1. The van der Waals surface area contributed by atoms with Crippen molar-refractivity contribution >= 4 is 28.9 Å². The van der Waals surface area contributed by atoms with Gasteiger partial charge >= 0.3 is 0 Å². The molecule has 0 bridgehead atoms. The topological polar surface area (TPSA) is 46.3 Å². The van der Waals surface area contributed by atoms with E-state index in [0.29, 0.717) is 12.2 Å². The number of hydrogen-bond donors (Lipinski definition) is 1. The SMILES string of the molecule is Nc1cccc2c1CCCN2C(=O)c1ccc(Cl)c(F)c1. The summed E-state index contributed by atoms with van der Waals surface area (Å²) >= 11 is 5.66. The van der Waals surface area contributed by atoms with Crippen molar-refractivity contribution in [2.75, 3.05) is 17.2 Å². The summed E-state index contributed by atoms with van der Waals surface area (Å²) in [5, 5.41) is 0.00911. The Hall–Kier alpha value is -2.07. The molecule has 0 aromatic heterocycles. The average Bonchev–Trinajstić information content (AvgIpc) is 2.49. The van der Waals surface area contributed by atoms with Crippen molar-refractivity contribution < 1.29 is 9.18 Å². The van der Waals surface area contributed by atoms with Gasteiger partial charge in [-0.15, -0.1) is 0 Å². The molecular formula is C16H14ClFN2O. The molecule has 1 heterocycles. The van der Waals surface area contributed by atoms with Gasteiger partial charge in [0.05, 0.1) is 5.02 Å². The summed E-state index contributed by atoms with van der Waals surface area (Å²) in [6.45, 7) is 0.597. The van der Waals surface area contributed by atoms with Crippen molar-refractivity contribution in [2.24, 2.45) is 0 Å². The number of fused-ring (bicyclic) bond motifs is 1. The van der Waals surface area contributed by atoms with Gasteiger partial charge in [0.25, 0.3) is 5.91 Å². The van der Waals surface area contributed by atoms with Crippen LogP contribution in [-0.4, -0.2) is 12.5 Å². The lowest BCUT2D eigenvalue weighted by Gasteiger charge is -2.30. The van der Waals surface area contributed by atoms with E-state index in [0.717, 1.165) is 24.1 Å².